The minimum absolute atomic E-state index is 0.118. The van der Waals surface area contributed by atoms with Gasteiger partial charge in [0.15, 0.2) is 8.32 Å². The molecule has 0 radical (unpaired) electrons. The molecule has 0 heterocycles. The molecular weight excluding hydrogens is 360 g/mol. The topological polar surface area (TPSA) is 26.3 Å². The number of rotatable bonds is 2. The number of Topliss-reactive ketones (excluding diaryl/α,β-unsaturated/α-hetero) is 1. The van der Waals surface area contributed by atoms with Gasteiger partial charge in [0.25, 0.3) is 0 Å². The zero-order valence-electron chi connectivity index (χ0n) is 19.4. The summed E-state index contributed by atoms with van der Waals surface area (Å²) in [5, 5.41) is 0.292. The molecule has 4 rings (SSSR count). The van der Waals surface area contributed by atoms with Gasteiger partial charge < -0.3 is 4.43 Å². The first-order valence-electron chi connectivity index (χ1n) is 11.8. The summed E-state index contributed by atoms with van der Waals surface area (Å²) in [4.78, 5) is 12.6. The SMILES string of the molecule is CC(C)(C)[Si](C)(C)O[C@H]1CC[C@@]2(C)[C@@H](CC[C@H]3C4=CCC(=O)[C@@]4(C)CC[C@@H]32)C1. The van der Waals surface area contributed by atoms with Gasteiger partial charge in [-0.25, -0.2) is 0 Å². The van der Waals surface area contributed by atoms with Gasteiger partial charge in [0.05, 0.1) is 0 Å². The molecule has 0 amide bonds. The van der Waals surface area contributed by atoms with Crippen LogP contribution >= 0.6 is 0 Å². The zero-order valence-corrected chi connectivity index (χ0v) is 20.4. The van der Waals surface area contributed by atoms with E-state index < -0.39 is 8.32 Å². The van der Waals surface area contributed by atoms with Crippen LogP contribution in [0.5, 0.6) is 0 Å². The molecule has 2 nitrogen and oxygen atoms in total. The summed E-state index contributed by atoms with van der Waals surface area (Å²) in [5.41, 5.74) is 1.87. The number of hydrogen-bond acceptors (Lipinski definition) is 2. The number of fused-ring (bicyclic) bond motifs is 5. The third-order valence-corrected chi connectivity index (χ3v) is 14.6. The molecule has 0 bridgehead atoms. The van der Waals surface area contributed by atoms with Gasteiger partial charge in [-0.05, 0) is 93.2 Å². The normalized spacial score (nSPS) is 43.8. The highest BCUT2D eigenvalue weighted by molar-refractivity contribution is 6.74. The van der Waals surface area contributed by atoms with E-state index in [9.17, 15) is 4.79 Å². The maximum Gasteiger partial charge on any atom is 0.192 e. The summed E-state index contributed by atoms with van der Waals surface area (Å²) in [5.74, 6) is 2.74. The molecule has 0 aliphatic heterocycles. The van der Waals surface area contributed by atoms with E-state index in [1.165, 1.54) is 44.1 Å². The van der Waals surface area contributed by atoms with Gasteiger partial charge in [0.1, 0.15) is 5.78 Å². The van der Waals surface area contributed by atoms with E-state index in [4.69, 9.17) is 4.43 Å². The van der Waals surface area contributed by atoms with Crippen molar-refractivity contribution in [2.24, 2.45) is 28.6 Å². The molecule has 0 aromatic carbocycles. The van der Waals surface area contributed by atoms with Crippen LogP contribution in [-0.2, 0) is 9.22 Å². The number of ketones is 1. The molecule has 4 aliphatic rings. The molecule has 3 heteroatoms. The highest BCUT2D eigenvalue weighted by Crippen LogP contribution is 2.64. The van der Waals surface area contributed by atoms with E-state index in [2.05, 4.69) is 53.8 Å². The molecule has 0 spiro atoms. The van der Waals surface area contributed by atoms with Crippen LogP contribution in [0.4, 0.5) is 0 Å². The zero-order chi connectivity index (χ0) is 20.5. The quantitative estimate of drug-likeness (QED) is 0.370. The van der Waals surface area contributed by atoms with Crippen molar-refractivity contribution in [1.82, 2.24) is 0 Å². The Morgan fingerprint density at radius 2 is 1.79 bits per heavy atom. The van der Waals surface area contributed by atoms with Gasteiger partial charge in [-0.3, -0.25) is 4.79 Å². The predicted octanol–water partition coefficient (Wildman–Crippen LogP) is 6.91. The van der Waals surface area contributed by atoms with E-state index in [-0.39, 0.29) is 5.41 Å². The molecule has 3 fully saturated rings. The van der Waals surface area contributed by atoms with Gasteiger partial charge in [0, 0.05) is 17.9 Å². The highest BCUT2D eigenvalue weighted by Gasteiger charge is 2.58. The average Bonchev–Trinajstić information content (AvgIpc) is 2.89. The van der Waals surface area contributed by atoms with Crippen LogP contribution in [0.3, 0.4) is 0 Å². The Labute approximate surface area is 174 Å². The Morgan fingerprint density at radius 3 is 2.46 bits per heavy atom. The summed E-state index contributed by atoms with van der Waals surface area (Å²) in [6.45, 7) is 16.7. The maximum absolute atomic E-state index is 12.6. The van der Waals surface area contributed by atoms with E-state index in [0.29, 0.717) is 34.7 Å². The minimum Gasteiger partial charge on any atom is -0.414 e. The third kappa shape index (κ3) is 3.02. The molecule has 3 saturated carbocycles. The van der Waals surface area contributed by atoms with E-state index in [0.717, 1.165) is 18.3 Å². The Balaban J connectivity index is 1.50. The molecule has 0 unspecified atom stereocenters. The summed E-state index contributed by atoms with van der Waals surface area (Å²) < 4.78 is 6.86. The number of carbonyl (C=O) groups excluding carboxylic acids is 1. The lowest BCUT2D eigenvalue weighted by molar-refractivity contribution is -0.128. The highest BCUT2D eigenvalue weighted by atomic mass is 28.4. The van der Waals surface area contributed by atoms with Crippen LogP contribution in [0.15, 0.2) is 11.6 Å². The summed E-state index contributed by atoms with van der Waals surface area (Å²) in [6, 6.07) is 0. The molecule has 158 valence electrons. The van der Waals surface area contributed by atoms with Gasteiger partial charge in [-0.2, -0.15) is 0 Å². The lowest BCUT2D eigenvalue weighted by Gasteiger charge is -2.59. The van der Waals surface area contributed by atoms with Crippen molar-refractivity contribution in [1.29, 1.82) is 0 Å². The van der Waals surface area contributed by atoms with Crippen LogP contribution in [-0.4, -0.2) is 20.2 Å². The molecule has 0 saturated heterocycles. The van der Waals surface area contributed by atoms with Gasteiger partial charge in [0.2, 0.25) is 0 Å². The largest absolute Gasteiger partial charge is 0.414 e. The van der Waals surface area contributed by atoms with Crippen LogP contribution in [0.2, 0.25) is 18.1 Å². The van der Waals surface area contributed by atoms with Crippen LogP contribution < -0.4 is 0 Å². The smallest absolute Gasteiger partial charge is 0.192 e. The van der Waals surface area contributed by atoms with Crippen molar-refractivity contribution >= 4 is 14.1 Å². The number of carbonyl (C=O) groups is 1. The van der Waals surface area contributed by atoms with Crippen molar-refractivity contribution in [3.63, 3.8) is 0 Å². The fourth-order valence-corrected chi connectivity index (χ4v) is 8.47. The molecule has 28 heavy (non-hydrogen) atoms. The summed E-state index contributed by atoms with van der Waals surface area (Å²) >= 11 is 0. The predicted molar refractivity (Wildman–Crippen MR) is 119 cm³/mol. The molecule has 0 aromatic heterocycles. The maximum atomic E-state index is 12.6. The van der Waals surface area contributed by atoms with Crippen molar-refractivity contribution in [2.75, 3.05) is 0 Å². The first kappa shape index (κ1) is 20.8. The van der Waals surface area contributed by atoms with E-state index in [1.807, 2.05) is 0 Å². The Hall–Kier alpha value is -0.413. The van der Waals surface area contributed by atoms with Crippen LogP contribution in [0.25, 0.3) is 0 Å². The van der Waals surface area contributed by atoms with Gasteiger partial charge in [-0.1, -0.05) is 39.3 Å². The Bertz CT molecular complexity index is 687. The second kappa shape index (κ2) is 6.54. The van der Waals surface area contributed by atoms with Crippen LogP contribution in [0.1, 0.15) is 86.0 Å². The number of hydrogen-bond donors (Lipinski definition) is 0. The molecule has 0 N–H and O–H groups in total. The monoisotopic (exact) mass is 402 g/mol. The lowest BCUT2D eigenvalue weighted by atomic mass is 9.46. The number of allylic oxidation sites excluding steroid dienone is 2. The van der Waals surface area contributed by atoms with Gasteiger partial charge >= 0.3 is 0 Å². The van der Waals surface area contributed by atoms with Gasteiger partial charge in [-0.15, -0.1) is 0 Å². The Morgan fingerprint density at radius 1 is 1.07 bits per heavy atom. The fourth-order valence-electron chi connectivity index (χ4n) is 7.06. The molecular formula is C25H42O2Si. The third-order valence-electron chi connectivity index (χ3n) is 10.0. The van der Waals surface area contributed by atoms with E-state index in [1.54, 1.807) is 0 Å². The summed E-state index contributed by atoms with van der Waals surface area (Å²) in [7, 11) is -1.69. The standard InChI is InChI=1S/C25H42O2Si/c1-23(2,3)28(6,7)27-18-12-14-24(4)17(16-18)8-9-19-20-10-11-22(26)25(20,5)15-13-21(19)24/h10,17-19,21H,8-9,11-16H2,1-7H3/t17-,18-,19-,21-,24-,25-/m0/s1. The van der Waals surface area contributed by atoms with Crippen molar-refractivity contribution in [2.45, 2.75) is 110 Å². The first-order valence-corrected chi connectivity index (χ1v) is 14.7. The second-order valence-corrected chi connectivity index (χ2v) is 17.2. The van der Waals surface area contributed by atoms with Crippen LogP contribution in [0, 0.1) is 28.6 Å². The van der Waals surface area contributed by atoms with E-state index >= 15 is 0 Å². The second-order valence-electron chi connectivity index (χ2n) is 12.4. The molecule has 4 aliphatic carbocycles. The first-order chi connectivity index (χ1) is 12.9. The molecule has 6 atom stereocenters. The Kier molecular flexibility index (Phi) is 4.87. The molecule has 0 aromatic rings. The minimum atomic E-state index is -1.69. The lowest BCUT2D eigenvalue weighted by Crippen LogP contribution is -2.53. The summed E-state index contributed by atoms with van der Waals surface area (Å²) in [6.07, 6.45) is 12.3. The fraction of sp³-hybridized carbons (Fsp3) is 0.880. The average molecular weight is 403 g/mol. The van der Waals surface area contributed by atoms with Crippen molar-refractivity contribution in [3.8, 4) is 0 Å². The van der Waals surface area contributed by atoms with Crippen molar-refractivity contribution in [3.05, 3.63) is 11.6 Å². The van der Waals surface area contributed by atoms with Crippen molar-refractivity contribution < 1.29 is 9.22 Å².